The van der Waals surface area contributed by atoms with Crippen LogP contribution < -0.4 is 4.72 Å². The van der Waals surface area contributed by atoms with Crippen molar-refractivity contribution in [3.8, 4) is 6.07 Å². The zero-order valence-electron chi connectivity index (χ0n) is 11.2. The van der Waals surface area contributed by atoms with Crippen LogP contribution in [0.1, 0.15) is 37.8 Å². The number of nitriles is 1. The van der Waals surface area contributed by atoms with Crippen molar-refractivity contribution in [3.63, 3.8) is 0 Å². The van der Waals surface area contributed by atoms with Gasteiger partial charge in [-0.1, -0.05) is 12.8 Å². The first-order valence-electron chi connectivity index (χ1n) is 6.49. The van der Waals surface area contributed by atoms with E-state index in [0.717, 1.165) is 19.0 Å². The SMILES string of the molecule is N#Cc1ccc(S(=O)(=O)NC2(CC(=O)O)CCCC2)cn1. The fraction of sp³-hybridized carbons (Fsp3) is 0.462. The summed E-state index contributed by atoms with van der Waals surface area (Å²) in [5.74, 6) is -1.03. The van der Waals surface area contributed by atoms with E-state index in [9.17, 15) is 13.2 Å². The zero-order chi connectivity index (χ0) is 15.5. The summed E-state index contributed by atoms with van der Waals surface area (Å²) < 4.78 is 27.2. The molecule has 0 aliphatic heterocycles. The molecular weight excluding hydrogens is 294 g/mol. The molecule has 0 radical (unpaired) electrons. The lowest BCUT2D eigenvalue weighted by molar-refractivity contribution is -0.138. The predicted octanol–water partition coefficient (Wildman–Crippen LogP) is 1.02. The lowest BCUT2D eigenvalue weighted by Gasteiger charge is -2.28. The summed E-state index contributed by atoms with van der Waals surface area (Å²) in [6.45, 7) is 0. The van der Waals surface area contributed by atoms with E-state index in [2.05, 4.69) is 9.71 Å². The van der Waals surface area contributed by atoms with Crippen molar-refractivity contribution in [1.29, 1.82) is 5.26 Å². The largest absolute Gasteiger partial charge is 0.481 e. The maximum atomic E-state index is 12.3. The molecule has 1 fully saturated rings. The van der Waals surface area contributed by atoms with Crippen LogP contribution in [0, 0.1) is 11.3 Å². The summed E-state index contributed by atoms with van der Waals surface area (Å²) >= 11 is 0. The van der Waals surface area contributed by atoms with Gasteiger partial charge in [-0.25, -0.2) is 18.1 Å². The monoisotopic (exact) mass is 309 g/mol. The Bertz CT molecular complexity index is 670. The van der Waals surface area contributed by atoms with Crippen LogP contribution in [0.15, 0.2) is 23.2 Å². The molecule has 1 heterocycles. The smallest absolute Gasteiger partial charge is 0.305 e. The summed E-state index contributed by atoms with van der Waals surface area (Å²) in [5, 5.41) is 17.7. The summed E-state index contributed by atoms with van der Waals surface area (Å²) in [7, 11) is -3.86. The highest BCUT2D eigenvalue weighted by atomic mass is 32.2. The van der Waals surface area contributed by atoms with Crippen LogP contribution in [-0.4, -0.2) is 30.0 Å². The highest BCUT2D eigenvalue weighted by molar-refractivity contribution is 7.89. The van der Waals surface area contributed by atoms with Crippen molar-refractivity contribution in [2.75, 3.05) is 0 Å². The third-order valence-electron chi connectivity index (χ3n) is 3.56. The molecule has 21 heavy (non-hydrogen) atoms. The van der Waals surface area contributed by atoms with Crippen molar-refractivity contribution < 1.29 is 18.3 Å². The van der Waals surface area contributed by atoms with E-state index < -0.39 is 21.5 Å². The number of aliphatic carboxylic acids is 1. The van der Waals surface area contributed by atoms with Crippen LogP contribution in [0.2, 0.25) is 0 Å². The van der Waals surface area contributed by atoms with Gasteiger partial charge >= 0.3 is 5.97 Å². The minimum Gasteiger partial charge on any atom is -0.481 e. The minimum absolute atomic E-state index is 0.0711. The Morgan fingerprint density at radius 1 is 1.43 bits per heavy atom. The van der Waals surface area contributed by atoms with Crippen LogP contribution in [0.5, 0.6) is 0 Å². The number of aromatic nitrogens is 1. The number of nitrogens with zero attached hydrogens (tertiary/aromatic N) is 2. The second-order valence-corrected chi connectivity index (χ2v) is 6.84. The second-order valence-electron chi connectivity index (χ2n) is 5.15. The van der Waals surface area contributed by atoms with E-state index in [-0.39, 0.29) is 17.0 Å². The molecule has 2 N–H and O–H groups in total. The number of rotatable bonds is 5. The number of hydrogen-bond acceptors (Lipinski definition) is 5. The fourth-order valence-corrected chi connectivity index (χ4v) is 4.01. The molecule has 1 saturated carbocycles. The Labute approximate surface area is 122 Å². The van der Waals surface area contributed by atoms with Gasteiger partial charge in [-0.15, -0.1) is 0 Å². The van der Waals surface area contributed by atoms with Gasteiger partial charge < -0.3 is 5.11 Å². The molecular formula is C13H15N3O4S. The third-order valence-corrected chi connectivity index (χ3v) is 5.13. The van der Waals surface area contributed by atoms with Crippen LogP contribution in [-0.2, 0) is 14.8 Å². The Morgan fingerprint density at radius 3 is 2.57 bits per heavy atom. The van der Waals surface area contributed by atoms with Gasteiger partial charge in [0.1, 0.15) is 16.7 Å². The molecule has 0 atom stereocenters. The highest BCUT2D eigenvalue weighted by Crippen LogP contribution is 2.34. The van der Waals surface area contributed by atoms with E-state index >= 15 is 0 Å². The van der Waals surface area contributed by atoms with Crippen LogP contribution in [0.25, 0.3) is 0 Å². The first-order chi connectivity index (χ1) is 9.87. The molecule has 1 aliphatic carbocycles. The van der Waals surface area contributed by atoms with Crippen LogP contribution in [0.4, 0.5) is 0 Å². The first kappa shape index (κ1) is 15.4. The number of sulfonamides is 1. The number of carboxylic acid groups (broad SMARTS) is 1. The number of carbonyl (C=O) groups is 1. The summed E-state index contributed by atoms with van der Waals surface area (Å²) in [4.78, 5) is 14.6. The van der Waals surface area contributed by atoms with E-state index in [1.165, 1.54) is 12.1 Å². The Balaban J connectivity index is 2.26. The number of carboxylic acids is 1. The molecule has 1 aromatic heterocycles. The Kier molecular flexibility index (Phi) is 4.25. The summed E-state index contributed by atoms with van der Waals surface area (Å²) in [5.41, 5.74) is -0.812. The normalized spacial score (nSPS) is 17.3. The van der Waals surface area contributed by atoms with Crippen LogP contribution >= 0.6 is 0 Å². The Hall–Kier alpha value is -1.98. The van der Waals surface area contributed by atoms with E-state index in [1.54, 1.807) is 0 Å². The summed E-state index contributed by atoms with van der Waals surface area (Å²) in [6.07, 6.45) is 3.45. The van der Waals surface area contributed by atoms with E-state index in [0.29, 0.717) is 12.8 Å². The number of pyridine rings is 1. The minimum atomic E-state index is -3.86. The number of hydrogen-bond donors (Lipinski definition) is 2. The molecule has 7 nitrogen and oxygen atoms in total. The van der Waals surface area contributed by atoms with Gasteiger partial charge in [0.15, 0.2) is 0 Å². The topological polar surface area (TPSA) is 120 Å². The highest BCUT2D eigenvalue weighted by Gasteiger charge is 2.39. The van der Waals surface area contributed by atoms with Gasteiger partial charge in [0, 0.05) is 11.7 Å². The Morgan fingerprint density at radius 2 is 2.10 bits per heavy atom. The lowest BCUT2D eigenvalue weighted by atomic mass is 9.95. The van der Waals surface area contributed by atoms with Gasteiger partial charge in [0.25, 0.3) is 0 Å². The lowest BCUT2D eigenvalue weighted by Crippen LogP contribution is -2.47. The third kappa shape index (κ3) is 3.56. The molecule has 1 aliphatic rings. The van der Waals surface area contributed by atoms with Crippen molar-refractivity contribution in [1.82, 2.24) is 9.71 Å². The molecule has 0 spiro atoms. The maximum Gasteiger partial charge on any atom is 0.305 e. The van der Waals surface area contributed by atoms with E-state index in [4.69, 9.17) is 10.4 Å². The van der Waals surface area contributed by atoms with Crippen molar-refractivity contribution in [2.24, 2.45) is 0 Å². The molecule has 0 unspecified atom stereocenters. The van der Waals surface area contributed by atoms with Crippen LogP contribution in [0.3, 0.4) is 0 Å². The van der Waals surface area contributed by atoms with Gasteiger partial charge in [-0.3, -0.25) is 4.79 Å². The molecule has 0 saturated heterocycles. The first-order valence-corrected chi connectivity index (χ1v) is 7.97. The molecule has 0 amide bonds. The van der Waals surface area contributed by atoms with Gasteiger partial charge in [-0.2, -0.15) is 5.26 Å². The predicted molar refractivity (Wildman–Crippen MR) is 72.7 cm³/mol. The fourth-order valence-electron chi connectivity index (χ4n) is 2.61. The van der Waals surface area contributed by atoms with Crippen molar-refractivity contribution in [2.45, 2.75) is 42.5 Å². The molecule has 8 heteroatoms. The average molecular weight is 309 g/mol. The molecule has 0 bridgehead atoms. The van der Waals surface area contributed by atoms with Gasteiger partial charge in [0.05, 0.1) is 6.42 Å². The second kappa shape index (κ2) is 5.79. The molecule has 2 rings (SSSR count). The van der Waals surface area contributed by atoms with Gasteiger partial charge in [-0.05, 0) is 25.0 Å². The standard InChI is InChI=1S/C13H15N3O4S/c14-8-10-3-4-11(9-15-10)21(19,20)16-13(7-12(17)18)5-1-2-6-13/h3-4,9,16H,1-2,5-7H2,(H,17,18). The molecule has 0 aromatic carbocycles. The van der Waals surface area contributed by atoms with E-state index in [1.807, 2.05) is 6.07 Å². The molecule has 1 aromatic rings. The number of nitrogens with one attached hydrogen (secondary N) is 1. The van der Waals surface area contributed by atoms with Gasteiger partial charge in [0.2, 0.25) is 10.0 Å². The maximum absolute atomic E-state index is 12.3. The summed E-state index contributed by atoms with van der Waals surface area (Å²) in [6, 6.07) is 4.41. The zero-order valence-corrected chi connectivity index (χ0v) is 12.1. The quantitative estimate of drug-likeness (QED) is 0.837. The van der Waals surface area contributed by atoms with Crippen molar-refractivity contribution >= 4 is 16.0 Å². The average Bonchev–Trinajstić information content (AvgIpc) is 2.85. The molecule has 112 valence electrons. The van der Waals surface area contributed by atoms with Crippen molar-refractivity contribution in [3.05, 3.63) is 24.0 Å².